The Morgan fingerprint density at radius 1 is 1.44 bits per heavy atom. The minimum absolute atomic E-state index is 0.131. The lowest BCUT2D eigenvalue weighted by atomic mass is 10.1. The van der Waals surface area contributed by atoms with Crippen LogP contribution in [0.1, 0.15) is 18.0 Å². The number of likely N-dealkylation sites (tertiary alicyclic amines) is 1. The summed E-state index contributed by atoms with van der Waals surface area (Å²) in [6, 6.07) is 10.8. The van der Waals surface area contributed by atoms with Crippen molar-refractivity contribution in [2.45, 2.75) is 18.6 Å². The zero-order valence-corrected chi connectivity index (χ0v) is 9.76. The second-order valence-electron chi connectivity index (χ2n) is 4.45. The summed E-state index contributed by atoms with van der Waals surface area (Å²) < 4.78 is 0. The summed E-state index contributed by atoms with van der Waals surface area (Å²) in [5, 5.41) is 12.8. The van der Waals surface area contributed by atoms with Crippen LogP contribution in [0.2, 0.25) is 0 Å². The Hall–Kier alpha value is -0.900. The zero-order chi connectivity index (χ0) is 11.4. The van der Waals surface area contributed by atoms with Gasteiger partial charge in [-0.05, 0) is 19.0 Å². The number of aliphatic hydroxyl groups is 1. The van der Waals surface area contributed by atoms with Gasteiger partial charge >= 0.3 is 0 Å². The van der Waals surface area contributed by atoms with E-state index in [1.54, 1.807) is 0 Å². The van der Waals surface area contributed by atoms with Crippen molar-refractivity contribution in [1.29, 1.82) is 0 Å². The summed E-state index contributed by atoms with van der Waals surface area (Å²) in [7, 11) is 1.99. The molecule has 1 heterocycles. The molecule has 0 radical (unpaired) electrons. The number of hydrogen-bond donors (Lipinski definition) is 2. The van der Waals surface area contributed by atoms with Crippen molar-refractivity contribution in [2.24, 2.45) is 0 Å². The molecule has 88 valence electrons. The molecule has 2 N–H and O–H groups in total. The van der Waals surface area contributed by atoms with Gasteiger partial charge in [0.15, 0.2) is 0 Å². The van der Waals surface area contributed by atoms with E-state index in [9.17, 15) is 5.11 Å². The molecule has 1 aliphatic rings. The molecule has 0 aliphatic carbocycles. The summed E-state index contributed by atoms with van der Waals surface area (Å²) in [6.45, 7) is 2.79. The first-order valence-electron chi connectivity index (χ1n) is 5.92. The van der Waals surface area contributed by atoms with Gasteiger partial charge in [-0.2, -0.15) is 0 Å². The first-order chi connectivity index (χ1) is 7.79. The van der Waals surface area contributed by atoms with E-state index in [-0.39, 0.29) is 6.10 Å². The molecule has 1 fully saturated rings. The molecule has 1 aromatic rings. The molecule has 16 heavy (non-hydrogen) atoms. The van der Waals surface area contributed by atoms with Crippen LogP contribution in [0.15, 0.2) is 30.3 Å². The molecule has 1 unspecified atom stereocenters. The summed E-state index contributed by atoms with van der Waals surface area (Å²) in [5.74, 6) is 0. The number of likely N-dealkylation sites (N-methyl/N-ethyl adjacent to an activating group) is 1. The monoisotopic (exact) mass is 220 g/mol. The number of nitrogens with one attached hydrogen (secondary N) is 1. The predicted octanol–water partition coefficient (Wildman–Crippen LogP) is 1.01. The lowest BCUT2D eigenvalue weighted by Crippen LogP contribution is -2.32. The standard InChI is InChI=1S/C13H20N2O/c1-14-13(11-5-3-2-4-6-11)10-15-8-7-12(16)9-15/h2-6,12-14,16H,7-10H2,1H3/t12?,13-/m1/s1. The van der Waals surface area contributed by atoms with Crippen LogP contribution in [0, 0.1) is 0 Å². The Balaban J connectivity index is 1.96. The Kier molecular flexibility index (Phi) is 3.93. The maximum absolute atomic E-state index is 9.49. The minimum atomic E-state index is -0.131. The smallest absolute Gasteiger partial charge is 0.0679 e. The van der Waals surface area contributed by atoms with E-state index in [0.29, 0.717) is 6.04 Å². The highest BCUT2D eigenvalue weighted by Gasteiger charge is 2.22. The highest BCUT2D eigenvalue weighted by Crippen LogP contribution is 2.17. The first-order valence-corrected chi connectivity index (χ1v) is 5.92. The number of aliphatic hydroxyl groups excluding tert-OH is 1. The van der Waals surface area contributed by atoms with E-state index in [1.807, 2.05) is 13.1 Å². The van der Waals surface area contributed by atoms with Crippen LogP contribution < -0.4 is 5.32 Å². The van der Waals surface area contributed by atoms with E-state index in [4.69, 9.17) is 0 Å². The second kappa shape index (κ2) is 5.43. The maximum atomic E-state index is 9.49. The zero-order valence-electron chi connectivity index (χ0n) is 9.76. The average Bonchev–Trinajstić information content (AvgIpc) is 2.73. The fraction of sp³-hybridized carbons (Fsp3) is 0.538. The molecule has 1 saturated heterocycles. The van der Waals surface area contributed by atoms with Gasteiger partial charge < -0.3 is 10.4 Å². The molecular weight excluding hydrogens is 200 g/mol. The van der Waals surface area contributed by atoms with Gasteiger partial charge in [-0.15, -0.1) is 0 Å². The van der Waals surface area contributed by atoms with Crippen molar-refractivity contribution in [3.05, 3.63) is 35.9 Å². The molecule has 2 atom stereocenters. The van der Waals surface area contributed by atoms with E-state index in [0.717, 1.165) is 26.1 Å². The van der Waals surface area contributed by atoms with Crippen molar-refractivity contribution >= 4 is 0 Å². The Labute approximate surface area is 97.1 Å². The number of hydrogen-bond acceptors (Lipinski definition) is 3. The van der Waals surface area contributed by atoms with E-state index >= 15 is 0 Å². The molecular formula is C13H20N2O. The number of rotatable bonds is 4. The molecule has 3 nitrogen and oxygen atoms in total. The van der Waals surface area contributed by atoms with E-state index in [2.05, 4.69) is 34.5 Å². The fourth-order valence-electron chi connectivity index (χ4n) is 2.28. The predicted molar refractivity (Wildman–Crippen MR) is 65.3 cm³/mol. The molecule has 1 aromatic carbocycles. The normalized spacial score (nSPS) is 23.5. The Morgan fingerprint density at radius 2 is 2.19 bits per heavy atom. The van der Waals surface area contributed by atoms with Crippen LogP contribution in [0.3, 0.4) is 0 Å². The quantitative estimate of drug-likeness (QED) is 0.795. The van der Waals surface area contributed by atoms with Crippen molar-refractivity contribution in [1.82, 2.24) is 10.2 Å². The molecule has 0 saturated carbocycles. The Bertz CT molecular complexity index is 315. The summed E-state index contributed by atoms with van der Waals surface area (Å²) in [4.78, 5) is 2.32. The molecule has 0 bridgehead atoms. The third-order valence-electron chi connectivity index (χ3n) is 3.24. The highest BCUT2D eigenvalue weighted by atomic mass is 16.3. The third kappa shape index (κ3) is 2.82. The number of β-amino-alcohol motifs (C(OH)–C–C–N with tert-alkyl or cyclic N) is 1. The van der Waals surface area contributed by atoms with Gasteiger partial charge in [0, 0.05) is 25.7 Å². The topological polar surface area (TPSA) is 35.5 Å². The van der Waals surface area contributed by atoms with E-state index in [1.165, 1.54) is 5.56 Å². The number of benzene rings is 1. The van der Waals surface area contributed by atoms with Crippen LogP contribution in [0.5, 0.6) is 0 Å². The summed E-state index contributed by atoms with van der Waals surface area (Å²) in [6.07, 6.45) is 0.777. The van der Waals surface area contributed by atoms with Gasteiger partial charge in [0.1, 0.15) is 0 Å². The lowest BCUT2D eigenvalue weighted by molar-refractivity contribution is 0.173. The second-order valence-corrected chi connectivity index (χ2v) is 4.45. The highest BCUT2D eigenvalue weighted by molar-refractivity contribution is 5.19. The van der Waals surface area contributed by atoms with Crippen molar-refractivity contribution in [2.75, 3.05) is 26.7 Å². The van der Waals surface area contributed by atoms with Crippen molar-refractivity contribution < 1.29 is 5.11 Å². The molecule has 0 amide bonds. The summed E-state index contributed by atoms with van der Waals surface area (Å²) >= 11 is 0. The molecule has 0 spiro atoms. The summed E-state index contributed by atoms with van der Waals surface area (Å²) in [5.41, 5.74) is 1.31. The van der Waals surface area contributed by atoms with Gasteiger partial charge in [-0.1, -0.05) is 30.3 Å². The van der Waals surface area contributed by atoms with Crippen LogP contribution in [-0.4, -0.2) is 42.8 Å². The van der Waals surface area contributed by atoms with Crippen LogP contribution in [0.4, 0.5) is 0 Å². The fourth-order valence-corrected chi connectivity index (χ4v) is 2.28. The van der Waals surface area contributed by atoms with Crippen LogP contribution in [-0.2, 0) is 0 Å². The Morgan fingerprint density at radius 3 is 2.75 bits per heavy atom. The molecule has 2 rings (SSSR count). The van der Waals surface area contributed by atoms with Gasteiger partial charge in [-0.25, -0.2) is 0 Å². The van der Waals surface area contributed by atoms with Crippen molar-refractivity contribution in [3.63, 3.8) is 0 Å². The molecule has 0 aromatic heterocycles. The number of nitrogens with zero attached hydrogens (tertiary/aromatic N) is 1. The van der Waals surface area contributed by atoms with Gasteiger partial charge in [-0.3, -0.25) is 4.90 Å². The molecule has 1 aliphatic heterocycles. The van der Waals surface area contributed by atoms with Gasteiger partial charge in [0.05, 0.1) is 6.10 Å². The van der Waals surface area contributed by atoms with Gasteiger partial charge in [0.25, 0.3) is 0 Å². The van der Waals surface area contributed by atoms with Crippen molar-refractivity contribution in [3.8, 4) is 0 Å². The first kappa shape index (κ1) is 11.6. The lowest BCUT2D eigenvalue weighted by Gasteiger charge is -2.23. The van der Waals surface area contributed by atoms with Gasteiger partial charge in [0.2, 0.25) is 0 Å². The van der Waals surface area contributed by atoms with Crippen LogP contribution in [0.25, 0.3) is 0 Å². The maximum Gasteiger partial charge on any atom is 0.0679 e. The largest absolute Gasteiger partial charge is 0.392 e. The third-order valence-corrected chi connectivity index (χ3v) is 3.24. The average molecular weight is 220 g/mol. The van der Waals surface area contributed by atoms with Crippen LogP contribution >= 0.6 is 0 Å². The minimum Gasteiger partial charge on any atom is -0.392 e. The molecule has 3 heteroatoms. The van der Waals surface area contributed by atoms with E-state index < -0.39 is 0 Å². The SMILES string of the molecule is CN[C@H](CN1CCC(O)C1)c1ccccc1.